The summed E-state index contributed by atoms with van der Waals surface area (Å²) in [6, 6.07) is 19.6. The van der Waals surface area contributed by atoms with E-state index < -0.39 is 0 Å². The maximum atomic E-state index is 12.5. The van der Waals surface area contributed by atoms with Crippen LogP contribution in [-0.2, 0) is 11.4 Å². The molecular weight excluding hydrogens is 348 g/mol. The van der Waals surface area contributed by atoms with Crippen molar-refractivity contribution in [2.24, 2.45) is 5.92 Å². The molecule has 0 saturated heterocycles. The van der Waals surface area contributed by atoms with E-state index in [-0.39, 0.29) is 17.5 Å². The average Bonchev–Trinajstić information content (AvgIpc) is 2.73. The Balaban J connectivity index is 1.60. The van der Waals surface area contributed by atoms with Crippen LogP contribution in [0.1, 0.15) is 43.7 Å². The highest BCUT2D eigenvalue weighted by molar-refractivity contribution is 6.01. The van der Waals surface area contributed by atoms with Crippen molar-refractivity contribution in [3.05, 3.63) is 71.3 Å². The van der Waals surface area contributed by atoms with Gasteiger partial charge in [-0.05, 0) is 48.1 Å². The fourth-order valence-electron chi connectivity index (χ4n) is 3.49. The molecule has 2 atom stereocenters. The Morgan fingerprint density at radius 1 is 1.14 bits per heavy atom. The second-order valence-corrected chi connectivity index (χ2v) is 7.35. The summed E-state index contributed by atoms with van der Waals surface area (Å²) < 4.78 is 5.77. The molecule has 1 fully saturated rings. The number of nitrogens with zero attached hydrogens (tertiary/aromatic N) is 1. The molecule has 1 aliphatic carbocycles. The summed E-state index contributed by atoms with van der Waals surface area (Å²) in [5.74, 6) is 0.921. The number of hydrogen-bond donors (Lipinski definition) is 1. The van der Waals surface area contributed by atoms with Gasteiger partial charge < -0.3 is 10.1 Å². The first-order valence-corrected chi connectivity index (χ1v) is 9.85. The lowest BCUT2D eigenvalue weighted by Crippen LogP contribution is -2.41. The fourth-order valence-corrected chi connectivity index (χ4v) is 3.49. The monoisotopic (exact) mass is 374 g/mol. The molecule has 28 heavy (non-hydrogen) atoms. The molecule has 0 aromatic heterocycles. The van der Waals surface area contributed by atoms with Crippen molar-refractivity contribution in [1.29, 1.82) is 5.26 Å². The van der Waals surface area contributed by atoms with Gasteiger partial charge in [0.15, 0.2) is 0 Å². The van der Waals surface area contributed by atoms with Crippen LogP contribution in [-0.4, -0.2) is 11.9 Å². The molecule has 3 rings (SSSR count). The number of hydrogen-bond acceptors (Lipinski definition) is 3. The first-order chi connectivity index (χ1) is 13.7. The van der Waals surface area contributed by atoms with Crippen molar-refractivity contribution in [3.63, 3.8) is 0 Å². The van der Waals surface area contributed by atoms with Crippen molar-refractivity contribution in [1.82, 2.24) is 5.32 Å². The summed E-state index contributed by atoms with van der Waals surface area (Å²) in [4.78, 5) is 12.5. The number of benzene rings is 2. The molecule has 144 valence electrons. The molecule has 0 bridgehead atoms. The quantitative estimate of drug-likeness (QED) is 0.580. The van der Waals surface area contributed by atoms with Crippen LogP contribution in [0, 0.1) is 17.2 Å². The Hall–Kier alpha value is -3.06. The van der Waals surface area contributed by atoms with Gasteiger partial charge in [-0.3, -0.25) is 4.79 Å². The Labute approximate surface area is 166 Å². The predicted octanol–water partition coefficient (Wildman–Crippen LogP) is 4.87. The number of carbonyl (C=O) groups is 1. The number of nitriles is 1. The topological polar surface area (TPSA) is 62.1 Å². The summed E-state index contributed by atoms with van der Waals surface area (Å²) >= 11 is 0. The number of carbonyl (C=O) groups excluding carboxylic acids is 1. The first-order valence-electron chi connectivity index (χ1n) is 9.85. The molecular formula is C24H26N2O2. The van der Waals surface area contributed by atoms with E-state index in [1.807, 2.05) is 60.7 Å². The third-order valence-electron chi connectivity index (χ3n) is 5.23. The molecule has 1 saturated carbocycles. The summed E-state index contributed by atoms with van der Waals surface area (Å²) in [5.41, 5.74) is 2.04. The van der Waals surface area contributed by atoms with Crippen LogP contribution in [0.2, 0.25) is 0 Å². The average molecular weight is 374 g/mol. The highest BCUT2D eigenvalue weighted by Crippen LogP contribution is 2.24. The van der Waals surface area contributed by atoms with E-state index in [1.165, 1.54) is 6.42 Å². The van der Waals surface area contributed by atoms with Crippen molar-refractivity contribution in [2.45, 2.75) is 45.3 Å². The molecule has 1 aliphatic rings. The lowest BCUT2D eigenvalue weighted by molar-refractivity contribution is -0.118. The zero-order valence-corrected chi connectivity index (χ0v) is 16.2. The lowest BCUT2D eigenvalue weighted by Gasteiger charge is -2.29. The zero-order valence-electron chi connectivity index (χ0n) is 16.2. The molecule has 0 aliphatic heterocycles. The second-order valence-electron chi connectivity index (χ2n) is 7.35. The predicted molar refractivity (Wildman–Crippen MR) is 110 cm³/mol. The summed E-state index contributed by atoms with van der Waals surface area (Å²) in [6.07, 6.45) is 6.09. The number of nitrogens with one attached hydrogen (secondary N) is 1. The summed E-state index contributed by atoms with van der Waals surface area (Å²) in [5, 5.41) is 12.4. The van der Waals surface area contributed by atoms with Crippen molar-refractivity contribution >= 4 is 12.0 Å². The Morgan fingerprint density at radius 3 is 2.54 bits per heavy atom. The van der Waals surface area contributed by atoms with E-state index in [9.17, 15) is 10.1 Å². The normalized spacial score (nSPS) is 19.5. The third-order valence-corrected chi connectivity index (χ3v) is 5.23. The van der Waals surface area contributed by atoms with Gasteiger partial charge in [-0.25, -0.2) is 0 Å². The van der Waals surface area contributed by atoms with Gasteiger partial charge in [0.2, 0.25) is 0 Å². The van der Waals surface area contributed by atoms with Crippen LogP contribution in [0.15, 0.2) is 60.2 Å². The lowest BCUT2D eigenvalue weighted by atomic mass is 9.86. The minimum atomic E-state index is -0.286. The van der Waals surface area contributed by atoms with Crippen LogP contribution < -0.4 is 10.1 Å². The number of rotatable bonds is 6. The highest BCUT2D eigenvalue weighted by Gasteiger charge is 2.24. The van der Waals surface area contributed by atoms with Crippen molar-refractivity contribution in [2.75, 3.05) is 0 Å². The minimum absolute atomic E-state index is 0.135. The van der Waals surface area contributed by atoms with Gasteiger partial charge in [0.1, 0.15) is 24.0 Å². The van der Waals surface area contributed by atoms with Crippen molar-refractivity contribution in [3.8, 4) is 11.8 Å². The van der Waals surface area contributed by atoms with E-state index in [2.05, 4.69) is 12.2 Å². The molecule has 1 amide bonds. The van der Waals surface area contributed by atoms with Crippen LogP contribution in [0.5, 0.6) is 5.75 Å². The van der Waals surface area contributed by atoms with E-state index in [0.29, 0.717) is 12.5 Å². The van der Waals surface area contributed by atoms with E-state index >= 15 is 0 Å². The van der Waals surface area contributed by atoms with Gasteiger partial charge >= 0.3 is 0 Å². The van der Waals surface area contributed by atoms with E-state index in [0.717, 1.165) is 36.1 Å². The summed E-state index contributed by atoms with van der Waals surface area (Å²) in [6.45, 7) is 2.66. The summed E-state index contributed by atoms with van der Waals surface area (Å²) in [7, 11) is 0. The maximum absolute atomic E-state index is 12.5. The van der Waals surface area contributed by atoms with Gasteiger partial charge in [0.05, 0.1) is 0 Å². The van der Waals surface area contributed by atoms with Gasteiger partial charge in [0.25, 0.3) is 5.91 Å². The zero-order chi connectivity index (χ0) is 19.8. The molecule has 0 spiro atoms. The standard InChI is InChI=1S/C24H26N2O2/c1-18-7-5-6-10-23(18)26-24(27)21(16-25)15-19-11-13-22(14-12-19)28-17-20-8-3-2-4-9-20/h2-4,8-9,11-15,18,23H,5-7,10,17H2,1H3,(H,26,27)/b21-15+/t18-,23+/m0/s1. The molecule has 2 aromatic carbocycles. The van der Waals surface area contributed by atoms with Gasteiger partial charge in [0, 0.05) is 6.04 Å². The third kappa shape index (κ3) is 5.47. The first kappa shape index (κ1) is 19.7. The Morgan fingerprint density at radius 2 is 1.86 bits per heavy atom. The maximum Gasteiger partial charge on any atom is 0.262 e. The number of amides is 1. The largest absolute Gasteiger partial charge is 0.489 e. The van der Waals surface area contributed by atoms with Crippen molar-refractivity contribution < 1.29 is 9.53 Å². The molecule has 0 radical (unpaired) electrons. The molecule has 4 nitrogen and oxygen atoms in total. The SMILES string of the molecule is C[C@H]1CCCC[C@H]1NC(=O)/C(C#N)=C/c1ccc(OCc2ccccc2)cc1. The molecule has 2 aromatic rings. The molecule has 4 heteroatoms. The van der Waals surface area contributed by atoms with E-state index in [4.69, 9.17) is 4.74 Å². The van der Waals surface area contributed by atoms with Crippen LogP contribution in [0.3, 0.4) is 0 Å². The van der Waals surface area contributed by atoms with Crippen LogP contribution >= 0.6 is 0 Å². The van der Waals surface area contributed by atoms with E-state index in [1.54, 1.807) is 6.08 Å². The van der Waals surface area contributed by atoms with Crippen LogP contribution in [0.25, 0.3) is 6.08 Å². The second kappa shape index (κ2) is 9.75. The molecule has 0 heterocycles. The van der Waals surface area contributed by atoms with Crippen LogP contribution in [0.4, 0.5) is 0 Å². The fraction of sp³-hybridized carbons (Fsp3) is 0.333. The smallest absolute Gasteiger partial charge is 0.262 e. The Kier molecular flexibility index (Phi) is 6.86. The minimum Gasteiger partial charge on any atom is -0.489 e. The van der Waals surface area contributed by atoms with Gasteiger partial charge in [-0.15, -0.1) is 0 Å². The molecule has 1 N–H and O–H groups in total. The highest BCUT2D eigenvalue weighted by atomic mass is 16.5. The molecule has 0 unspecified atom stereocenters. The van der Waals surface area contributed by atoms with Gasteiger partial charge in [-0.1, -0.05) is 62.2 Å². The number of ether oxygens (including phenoxy) is 1. The van der Waals surface area contributed by atoms with Gasteiger partial charge in [-0.2, -0.15) is 5.26 Å². The Bertz CT molecular complexity index is 850.